The number of pyridine rings is 1. The van der Waals surface area contributed by atoms with Crippen molar-refractivity contribution in [2.45, 2.75) is 112 Å². The van der Waals surface area contributed by atoms with Crippen molar-refractivity contribution in [1.29, 1.82) is 0 Å². The molecule has 3 aromatic rings. The molecule has 34 N–H and O–H groups in total. The Balaban J connectivity index is -0.000000261. The van der Waals surface area contributed by atoms with Gasteiger partial charge in [-0.1, -0.05) is 24.1 Å². The second kappa shape index (κ2) is 45.3. The van der Waals surface area contributed by atoms with E-state index >= 15 is 0 Å². The van der Waals surface area contributed by atoms with Crippen LogP contribution in [0.15, 0.2) is 72.4 Å². The molecular weight excluding hydrogens is 1670 g/mol. The summed E-state index contributed by atoms with van der Waals surface area (Å²) >= 11 is 5.96. The summed E-state index contributed by atoms with van der Waals surface area (Å²) < 4.78 is 130. The number of halogens is 1. The van der Waals surface area contributed by atoms with Gasteiger partial charge in [0, 0.05) is 66.9 Å². The van der Waals surface area contributed by atoms with E-state index < -0.39 is 153 Å². The predicted octanol–water partition coefficient (Wildman–Crippen LogP) is -11.3. The zero-order valence-corrected chi connectivity index (χ0v) is 69.9. The number of thioether (sulfide) groups is 1. The smallest absolute Gasteiger partial charge is 0.777 e. The third kappa shape index (κ3) is 37.1. The van der Waals surface area contributed by atoms with Crippen molar-refractivity contribution >= 4 is 115 Å². The number of unbranched alkanes of at least 4 members (excludes halogenated alkanes) is 2. The first kappa shape index (κ1) is 113. The number of hydrogen-bond acceptors (Lipinski definition) is 24. The summed E-state index contributed by atoms with van der Waals surface area (Å²) in [5.41, 5.74) is 15.7. The molecule has 566 valence electrons. The molecular formula is C35H76ClN6Na3O41P12S+2. The van der Waals surface area contributed by atoms with E-state index in [-0.39, 0.29) is 139 Å². The van der Waals surface area contributed by atoms with Gasteiger partial charge in [-0.3, -0.25) is 55.2 Å². The molecule has 2 heterocycles. The van der Waals surface area contributed by atoms with Crippen LogP contribution in [0.3, 0.4) is 0 Å². The van der Waals surface area contributed by atoms with Gasteiger partial charge in [-0.25, -0.2) is 4.98 Å². The van der Waals surface area contributed by atoms with E-state index in [1.54, 1.807) is 12.1 Å². The minimum absolute atomic E-state index is 0. The molecule has 0 saturated carbocycles. The van der Waals surface area contributed by atoms with Crippen LogP contribution >= 0.6 is 115 Å². The van der Waals surface area contributed by atoms with Crippen molar-refractivity contribution < 1.29 is 286 Å². The zero-order chi connectivity index (χ0) is 76.9. The maximum absolute atomic E-state index is 11.1. The van der Waals surface area contributed by atoms with Gasteiger partial charge < -0.3 is 169 Å². The van der Waals surface area contributed by atoms with Crippen LogP contribution in [0, 0.1) is 0 Å². The summed E-state index contributed by atoms with van der Waals surface area (Å²) in [4.78, 5) is 220. The van der Waals surface area contributed by atoms with E-state index in [9.17, 15) is 85.2 Å². The molecule has 0 spiro atoms. The SMILES string of the molecule is NCCCC(O)(P(=O)(O)O)P(=O)(O)O.NCCCC(O)(P(=O)(O)O)P(=O)(O)O.NCCCCCC(O)(P(=O)(O)O)P(=O)(O)O.O=P(O)(O)C(O)(CCc1cccnc1)P(=O)(O)O.O=P(O)(O)C(O)(CCn1ccnc1)P(=O)(O)O.O=P([O-])(O)C(Sc1ccc(Cl)cc1)P(=O)(O)O.[Na+].[Na+].[Na+]. The largest absolute Gasteiger partial charge is 1.00 e. The van der Waals surface area contributed by atoms with Crippen molar-refractivity contribution in [2.75, 3.05) is 19.6 Å². The molecule has 2 unspecified atom stereocenters. The summed E-state index contributed by atoms with van der Waals surface area (Å²) in [5, 5.41) is 30.8. The number of imidazole rings is 1. The van der Waals surface area contributed by atoms with Gasteiger partial charge in [0.25, 0.3) is 25.4 Å². The number of aromatic nitrogens is 3. The molecule has 0 aliphatic carbocycles. The summed E-state index contributed by atoms with van der Waals surface area (Å²) in [6.45, 7) is 0.0988. The third-order valence-corrected chi connectivity index (χ3v) is 37.2. The molecule has 99 heavy (non-hydrogen) atoms. The van der Waals surface area contributed by atoms with Crippen LogP contribution in [0.4, 0.5) is 0 Å². The van der Waals surface area contributed by atoms with Crippen molar-refractivity contribution in [2.24, 2.45) is 17.2 Å². The fraction of sp³-hybridized carbons (Fsp3) is 0.600. The van der Waals surface area contributed by atoms with Crippen LogP contribution in [0.1, 0.15) is 69.8 Å². The van der Waals surface area contributed by atoms with Crippen LogP contribution in [0.2, 0.25) is 5.02 Å². The molecule has 47 nitrogen and oxygen atoms in total. The van der Waals surface area contributed by atoms with Crippen molar-refractivity contribution in [1.82, 2.24) is 14.5 Å². The molecule has 0 saturated heterocycles. The quantitative estimate of drug-likeness (QED) is 0.0123. The summed E-state index contributed by atoms with van der Waals surface area (Å²) in [7, 11) is -63.4. The van der Waals surface area contributed by atoms with Gasteiger partial charge in [-0.15, -0.1) is 11.8 Å². The first-order valence-corrected chi connectivity index (χ1v) is 45.8. The molecule has 0 aliphatic rings. The monoisotopic (exact) mass is 1740 g/mol. The Morgan fingerprint density at radius 1 is 0.434 bits per heavy atom. The summed E-state index contributed by atoms with van der Waals surface area (Å²) in [6, 6.07) is 8.79. The maximum atomic E-state index is 11.1. The average molecular weight is 1750 g/mol. The molecule has 2 aromatic heterocycles. The normalized spacial score (nSPS) is 14.2. The maximum Gasteiger partial charge on any atom is 1.00 e. The minimum atomic E-state index is -5.37. The van der Waals surface area contributed by atoms with Crippen LogP contribution in [-0.4, -0.2) is 202 Å². The molecule has 0 aliphatic heterocycles. The fourth-order valence-corrected chi connectivity index (χ4v) is 21.3. The Kier molecular flexibility index (Phi) is 51.5. The molecule has 0 radical (unpaired) electrons. The second-order valence-electron chi connectivity index (χ2n) is 19.2. The fourth-order valence-electron chi connectivity index (χ4n) is 6.18. The Morgan fingerprint density at radius 3 is 1.01 bits per heavy atom. The Bertz CT molecular complexity index is 3290. The zero-order valence-electron chi connectivity index (χ0n) is 51.6. The molecule has 2 atom stereocenters. The van der Waals surface area contributed by atoms with E-state index in [0.717, 1.165) is 0 Å². The number of rotatable bonds is 31. The average Bonchev–Trinajstić information content (AvgIpc) is 1.52. The van der Waals surface area contributed by atoms with E-state index in [4.69, 9.17) is 141 Å². The first-order valence-electron chi connectivity index (χ1n) is 25.1. The molecule has 1 aromatic carbocycles. The third-order valence-electron chi connectivity index (χ3n) is 11.7. The van der Waals surface area contributed by atoms with Crippen LogP contribution in [0.5, 0.6) is 0 Å². The minimum Gasteiger partial charge on any atom is -0.777 e. The number of nitrogens with two attached hydrogens (primary N) is 3. The van der Waals surface area contributed by atoms with Crippen LogP contribution < -0.4 is 111 Å². The van der Waals surface area contributed by atoms with Crippen molar-refractivity contribution in [3.8, 4) is 0 Å². The van der Waals surface area contributed by atoms with Gasteiger partial charge in [-0.2, -0.15) is 0 Å². The summed E-state index contributed by atoms with van der Waals surface area (Å²) in [6.07, 6.45) is 3.94. The molecule has 64 heteroatoms. The van der Waals surface area contributed by atoms with E-state index in [0.29, 0.717) is 41.7 Å². The predicted molar refractivity (Wildman–Crippen MR) is 332 cm³/mol. The van der Waals surface area contributed by atoms with Gasteiger partial charge in [0.1, 0.15) is 0 Å². The second-order valence-corrected chi connectivity index (χ2v) is 45.3. The van der Waals surface area contributed by atoms with Crippen LogP contribution in [0.25, 0.3) is 0 Å². The number of hydrogen-bond donors (Lipinski definition) is 31. The van der Waals surface area contributed by atoms with E-state index in [2.05, 4.69) is 9.97 Å². The Hall–Kier alpha value is 2.70. The standard InChI is InChI=1S/C8H13NO7P2.C7H9ClO6P2S.C6H12N2O7P2.C6H17NO7P2.2C4H13NO7P2.3Na/c10-8(17(11,12)13,18(14,15)16)4-3-7-2-1-5-9-6-7;8-5-1-3-6(4-2-5)17-7(15(9,10)11)16(12,13)14;9-6(16(10,11)12,17(13,14)15)1-3-8-4-2-7-5-8;7-5-3-1-2-4-6(8,15(9,10)11)16(12,13)14;2*5-3-1-2-4(6,13(7,8)9)14(10,11)12;;;/h1-2,5-6,10H,3-4H2,(H2,11,12,13)(H2,14,15,16);1-4,7H,(H2,9,10,11)(H2,12,13,14);2,4-5,9H,1,3H2,(H2,10,11,12)(H2,13,14,15);8H,1-5,7H2,(H2,9,10,11)(H2,12,13,14);2*6H,1-3,5H2,(H2,7,8,9)(H2,10,11,12);;;/q;;;;;;3*+1/p-1. The molecule has 0 amide bonds. The van der Waals surface area contributed by atoms with Gasteiger partial charge in [0.15, 0.2) is 12.3 Å². The number of aliphatic hydroxyl groups is 5. The number of nitrogens with zero attached hydrogens (tertiary/aromatic N) is 3. The molecule has 3 rings (SSSR count). The van der Waals surface area contributed by atoms with Gasteiger partial charge in [-0.05, 0) is 94.1 Å². The van der Waals surface area contributed by atoms with E-state index in [1.165, 1.54) is 59.9 Å². The van der Waals surface area contributed by atoms with Gasteiger partial charge >= 0.3 is 172 Å². The van der Waals surface area contributed by atoms with Gasteiger partial charge in [0.2, 0.25) is 0 Å². The molecule has 0 bridgehead atoms. The van der Waals surface area contributed by atoms with Crippen molar-refractivity contribution in [3.63, 3.8) is 0 Å². The first-order chi connectivity index (χ1) is 42.4. The number of aryl methyl sites for hydroxylation is 2. The summed E-state index contributed by atoms with van der Waals surface area (Å²) in [5.74, 6) is 0. The number of benzene rings is 1. The van der Waals surface area contributed by atoms with Crippen molar-refractivity contribution in [3.05, 3.63) is 78.1 Å². The molecule has 0 fully saturated rings. The Morgan fingerprint density at radius 2 is 0.747 bits per heavy atom. The van der Waals surface area contributed by atoms with Gasteiger partial charge in [0.05, 0.1) is 6.33 Å². The Labute approximate surface area is 636 Å². The van der Waals surface area contributed by atoms with Crippen LogP contribution in [-0.2, 0) is 67.7 Å². The van der Waals surface area contributed by atoms with E-state index in [1.807, 2.05) is 0 Å². The topological polar surface area (TPSA) is 903 Å².